The largest absolute Gasteiger partial charge is 0.488 e. The molecule has 0 bridgehead atoms. The molecule has 1 N–H and O–H groups in total. The molecule has 0 saturated carbocycles. The van der Waals surface area contributed by atoms with E-state index in [0.29, 0.717) is 0 Å². The summed E-state index contributed by atoms with van der Waals surface area (Å²) >= 11 is 9.31. The van der Waals surface area contributed by atoms with Crippen LogP contribution >= 0.6 is 39.9 Å². The van der Waals surface area contributed by atoms with E-state index in [1.807, 2.05) is 18.2 Å². The number of ether oxygens (including phenoxy) is 1. The second-order valence-electron chi connectivity index (χ2n) is 3.66. The maximum absolute atomic E-state index is 5.87. The second-order valence-corrected chi connectivity index (χ2v) is 4.95. The van der Waals surface area contributed by atoms with E-state index in [2.05, 4.69) is 21.2 Å². The highest BCUT2D eigenvalue weighted by molar-refractivity contribution is 9.10. The Kier molecular flexibility index (Phi) is 5.90. The molecule has 1 aromatic rings. The molecule has 2 rings (SSSR count). The van der Waals surface area contributed by atoms with E-state index in [1.54, 1.807) is 0 Å². The van der Waals surface area contributed by atoms with Crippen LogP contribution in [0.4, 0.5) is 0 Å². The Balaban J connectivity index is 0.00000128. The van der Waals surface area contributed by atoms with Gasteiger partial charge in [0.1, 0.15) is 11.9 Å². The second kappa shape index (κ2) is 6.70. The molecule has 1 aromatic carbocycles. The first-order chi connectivity index (χ1) is 7.25. The van der Waals surface area contributed by atoms with E-state index in [1.165, 1.54) is 6.42 Å². The fraction of sp³-hybridized carbons (Fsp3) is 0.455. The first kappa shape index (κ1) is 14.1. The minimum Gasteiger partial charge on any atom is -0.488 e. The number of piperidine rings is 1. The van der Waals surface area contributed by atoms with Crippen LogP contribution in [0.5, 0.6) is 5.75 Å². The van der Waals surface area contributed by atoms with Gasteiger partial charge in [0.2, 0.25) is 0 Å². The van der Waals surface area contributed by atoms with E-state index in [0.717, 1.165) is 34.8 Å². The average molecular weight is 327 g/mol. The normalized spacial score (nSPS) is 20.0. The van der Waals surface area contributed by atoms with Gasteiger partial charge in [-0.1, -0.05) is 11.6 Å². The van der Waals surface area contributed by atoms with Crippen LogP contribution in [0.25, 0.3) is 0 Å². The topological polar surface area (TPSA) is 21.3 Å². The van der Waals surface area contributed by atoms with Gasteiger partial charge in [-0.2, -0.15) is 0 Å². The summed E-state index contributed by atoms with van der Waals surface area (Å²) in [5.74, 6) is 0.869. The van der Waals surface area contributed by atoms with Gasteiger partial charge in [0.15, 0.2) is 0 Å². The summed E-state index contributed by atoms with van der Waals surface area (Å²) in [4.78, 5) is 0. The number of benzene rings is 1. The maximum atomic E-state index is 5.87. The van der Waals surface area contributed by atoms with Crippen molar-refractivity contribution in [3.63, 3.8) is 0 Å². The zero-order valence-electron chi connectivity index (χ0n) is 8.71. The molecule has 0 spiro atoms. The van der Waals surface area contributed by atoms with Crippen molar-refractivity contribution in [2.24, 2.45) is 0 Å². The molecule has 16 heavy (non-hydrogen) atoms. The predicted molar refractivity (Wildman–Crippen MR) is 72.9 cm³/mol. The molecule has 1 aliphatic rings. The lowest BCUT2D eigenvalue weighted by molar-refractivity contribution is 0.166. The minimum atomic E-state index is 0. The molecule has 5 heteroatoms. The highest BCUT2D eigenvalue weighted by Crippen LogP contribution is 2.29. The Morgan fingerprint density at radius 2 is 2.25 bits per heavy atom. The highest BCUT2D eigenvalue weighted by atomic mass is 79.9. The molecule has 0 radical (unpaired) electrons. The molecule has 0 amide bonds. The molecular weight excluding hydrogens is 313 g/mol. The van der Waals surface area contributed by atoms with Crippen LogP contribution < -0.4 is 10.1 Å². The summed E-state index contributed by atoms with van der Waals surface area (Å²) in [5.41, 5.74) is 0. The zero-order chi connectivity index (χ0) is 10.7. The van der Waals surface area contributed by atoms with Gasteiger partial charge in [-0.15, -0.1) is 12.4 Å². The third kappa shape index (κ3) is 3.81. The molecule has 1 fully saturated rings. The molecule has 1 saturated heterocycles. The summed E-state index contributed by atoms with van der Waals surface area (Å²) in [6.07, 6.45) is 2.56. The van der Waals surface area contributed by atoms with Crippen LogP contribution in [0.2, 0.25) is 5.02 Å². The first-order valence-electron chi connectivity index (χ1n) is 5.08. The van der Waals surface area contributed by atoms with E-state index >= 15 is 0 Å². The van der Waals surface area contributed by atoms with E-state index in [9.17, 15) is 0 Å². The standard InChI is InChI=1S/C11H13BrClNO.ClH/c12-10-6-8(13)3-4-11(10)15-9-2-1-5-14-7-9;/h3-4,6,9,14H,1-2,5,7H2;1H. The van der Waals surface area contributed by atoms with Crippen molar-refractivity contribution in [1.82, 2.24) is 5.32 Å². The Morgan fingerprint density at radius 1 is 1.44 bits per heavy atom. The lowest BCUT2D eigenvalue weighted by Crippen LogP contribution is -2.37. The monoisotopic (exact) mass is 325 g/mol. The number of halogens is 3. The van der Waals surface area contributed by atoms with Gasteiger partial charge in [0.05, 0.1) is 4.47 Å². The van der Waals surface area contributed by atoms with Crippen LogP contribution in [0, 0.1) is 0 Å². The highest BCUT2D eigenvalue weighted by Gasteiger charge is 2.15. The molecule has 1 aliphatic heterocycles. The number of nitrogens with one attached hydrogen (secondary N) is 1. The SMILES string of the molecule is Cl.Clc1ccc(OC2CCCNC2)c(Br)c1. The van der Waals surface area contributed by atoms with Crippen LogP contribution in [0.3, 0.4) is 0 Å². The molecule has 0 aromatic heterocycles. The number of hydrogen-bond acceptors (Lipinski definition) is 2. The molecule has 0 aliphatic carbocycles. The van der Waals surface area contributed by atoms with Gasteiger partial charge < -0.3 is 10.1 Å². The van der Waals surface area contributed by atoms with Gasteiger partial charge >= 0.3 is 0 Å². The average Bonchev–Trinajstić information content (AvgIpc) is 2.24. The van der Waals surface area contributed by atoms with Crippen LogP contribution in [-0.4, -0.2) is 19.2 Å². The fourth-order valence-corrected chi connectivity index (χ4v) is 2.45. The van der Waals surface area contributed by atoms with Gasteiger partial charge in [0, 0.05) is 11.6 Å². The lowest BCUT2D eigenvalue weighted by Gasteiger charge is -2.24. The molecule has 1 unspecified atom stereocenters. The summed E-state index contributed by atoms with van der Waals surface area (Å²) in [6, 6.07) is 5.60. The summed E-state index contributed by atoms with van der Waals surface area (Å²) in [6.45, 7) is 2.02. The van der Waals surface area contributed by atoms with Gasteiger partial charge in [-0.05, 0) is 53.5 Å². The number of hydrogen-bond donors (Lipinski definition) is 1. The third-order valence-corrected chi connectivity index (χ3v) is 3.29. The van der Waals surface area contributed by atoms with Crippen molar-refractivity contribution in [3.05, 3.63) is 27.7 Å². The Bertz CT molecular complexity index is 343. The first-order valence-corrected chi connectivity index (χ1v) is 6.25. The van der Waals surface area contributed by atoms with Crippen molar-refractivity contribution >= 4 is 39.9 Å². The Hall–Kier alpha value is 0.0400. The third-order valence-electron chi connectivity index (χ3n) is 2.44. The molecule has 2 nitrogen and oxygen atoms in total. The molecule has 1 heterocycles. The minimum absolute atomic E-state index is 0. The smallest absolute Gasteiger partial charge is 0.134 e. The summed E-state index contributed by atoms with van der Waals surface area (Å²) < 4.78 is 6.79. The van der Waals surface area contributed by atoms with E-state index in [4.69, 9.17) is 16.3 Å². The quantitative estimate of drug-likeness (QED) is 0.895. The molecule has 1 atom stereocenters. The van der Waals surface area contributed by atoms with Gasteiger partial charge in [0.25, 0.3) is 0 Å². The van der Waals surface area contributed by atoms with Gasteiger partial charge in [-0.25, -0.2) is 0 Å². The van der Waals surface area contributed by atoms with Crippen LogP contribution in [0.1, 0.15) is 12.8 Å². The summed E-state index contributed by atoms with van der Waals surface area (Å²) in [7, 11) is 0. The van der Waals surface area contributed by atoms with Crippen molar-refractivity contribution in [3.8, 4) is 5.75 Å². The van der Waals surface area contributed by atoms with Crippen molar-refractivity contribution in [2.75, 3.05) is 13.1 Å². The van der Waals surface area contributed by atoms with Crippen molar-refractivity contribution in [1.29, 1.82) is 0 Å². The Morgan fingerprint density at radius 3 is 2.88 bits per heavy atom. The molecule has 90 valence electrons. The van der Waals surface area contributed by atoms with Crippen LogP contribution in [-0.2, 0) is 0 Å². The van der Waals surface area contributed by atoms with Crippen LogP contribution in [0.15, 0.2) is 22.7 Å². The van der Waals surface area contributed by atoms with Crippen molar-refractivity contribution < 1.29 is 4.74 Å². The summed E-state index contributed by atoms with van der Waals surface area (Å²) in [5, 5.41) is 4.04. The number of rotatable bonds is 2. The van der Waals surface area contributed by atoms with E-state index < -0.39 is 0 Å². The zero-order valence-corrected chi connectivity index (χ0v) is 11.9. The van der Waals surface area contributed by atoms with E-state index in [-0.39, 0.29) is 18.5 Å². The van der Waals surface area contributed by atoms with Gasteiger partial charge in [-0.3, -0.25) is 0 Å². The predicted octanol–water partition coefficient (Wildman–Crippen LogP) is 3.66. The fourth-order valence-electron chi connectivity index (χ4n) is 1.67. The Labute approximate surface area is 115 Å². The molecular formula is C11H14BrCl2NO. The maximum Gasteiger partial charge on any atom is 0.134 e. The lowest BCUT2D eigenvalue weighted by atomic mass is 10.1. The van der Waals surface area contributed by atoms with Crippen molar-refractivity contribution in [2.45, 2.75) is 18.9 Å².